The fraction of sp³-hybridized carbons (Fsp3) is 0.462. The lowest BCUT2D eigenvalue weighted by Gasteiger charge is -2.56. The molecule has 1 heterocycles. The number of hydrogen-bond donors (Lipinski definition) is 1. The van der Waals surface area contributed by atoms with Gasteiger partial charge in [0, 0.05) is 23.7 Å². The molecule has 4 fully saturated rings. The van der Waals surface area contributed by atoms with Gasteiger partial charge in [-0.3, -0.25) is 4.79 Å². The molecule has 4 aliphatic carbocycles. The highest BCUT2D eigenvalue weighted by Gasteiger charge is 2.51. The topological polar surface area (TPSA) is 64.4 Å². The second kappa shape index (κ2) is 7.11. The molecule has 1 amide bonds. The molecule has 4 saturated carbocycles. The molecule has 0 unspecified atom stereocenters. The van der Waals surface area contributed by atoms with E-state index < -0.39 is 0 Å². The third-order valence-electron chi connectivity index (χ3n) is 7.71. The van der Waals surface area contributed by atoms with E-state index in [1.54, 1.807) is 7.11 Å². The SMILES string of the molecule is COc1ccc2oc(-c3ccc(NC(=O)CC45CC6CC(CC(C6)C4)C5)cc3)nc2c1. The number of ether oxygens (including phenoxy) is 1. The third-order valence-corrected chi connectivity index (χ3v) is 7.71. The minimum atomic E-state index is 0.156. The molecule has 4 aliphatic rings. The fourth-order valence-electron chi connectivity index (χ4n) is 6.91. The van der Waals surface area contributed by atoms with Crippen LogP contribution in [0.15, 0.2) is 46.9 Å². The summed E-state index contributed by atoms with van der Waals surface area (Å²) in [6.45, 7) is 0. The maximum Gasteiger partial charge on any atom is 0.227 e. The molecule has 4 bridgehead atoms. The monoisotopic (exact) mass is 416 g/mol. The van der Waals surface area contributed by atoms with Crippen molar-refractivity contribution < 1.29 is 13.9 Å². The number of amides is 1. The van der Waals surface area contributed by atoms with Gasteiger partial charge in [-0.25, -0.2) is 4.98 Å². The van der Waals surface area contributed by atoms with Gasteiger partial charge in [0.15, 0.2) is 5.58 Å². The molecule has 0 saturated heterocycles. The van der Waals surface area contributed by atoms with Gasteiger partial charge in [-0.2, -0.15) is 0 Å². The first-order chi connectivity index (χ1) is 15.1. The largest absolute Gasteiger partial charge is 0.497 e. The van der Waals surface area contributed by atoms with E-state index in [1.165, 1.54) is 38.5 Å². The Kier molecular flexibility index (Phi) is 4.34. The van der Waals surface area contributed by atoms with Gasteiger partial charge in [0.05, 0.1) is 7.11 Å². The molecule has 31 heavy (non-hydrogen) atoms. The first-order valence-corrected chi connectivity index (χ1v) is 11.4. The minimum absolute atomic E-state index is 0.156. The van der Waals surface area contributed by atoms with Crippen LogP contribution in [0.25, 0.3) is 22.6 Å². The number of oxazole rings is 1. The van der Waals surface area contributed by atoms with E-state index in [9.17, 15) is 4.79 Å². The van der Waals surface area contributed by atoms with Crippen molar-refractivity contribution in [1.29, 1.82) is 0 Å². The van der Waals surface area contributed by atoms with Crippen molar-refractivity contribution in [3.05, 3.63) is 42.5 Å². The second-order valence-electron chi connectivity index (χ2n) is 10.1. The molecule has 160 valence electrons. The number of benzene rings is 2. The summed E-state index contributed by atoms with van der Waals surface area (Å²) in [5.41, 5.74) is 3.47. The average molecular weight is 417 g/mol. The van der Waals surface area contributed by atoms with Gasteiger partial charge in [0.1, 0.15) is 11.3 Å². The molecule has 5 nitrogen and oxygen atoms in total. The zero-order chi connectivity index (χ0) is 21.0. The second-order valence-corrected chi connectivity index (χ2v) is 10.1. The Bertz CT molecular complexity index is 1100. The van der Waals surface area contributed by atoms with Crippen LogP contribution in [-0.4, -0.2) is 18.0 Å². The lowest BCUT2D eigenvalue weighted by Crippen LogP contribution is -2.47. The maximum atomic E-state index is 12.9. The quantitative estimate of drug-likeness (QED) is 0.550. The Balaban J connectivity index is 1.14. The highest BCUT2D eigenvalue weighted by Crippen LogP contribution is 2.61. The highest BCUT2D eigenvalue weighted by molar-refractivity contribution is 5.91. The molecule has 7 rings (SSSR count). The number of fused-ring (bicyclic) bond motifs is 1. The molecule has 2 aromatic carbocycles. The van der Waals surface area contributed by atoms with Crippen molar-refractivity contribution in [3.8, 4) is 17.2 Å². The Labute approximate surface area is 182 Å². The summed E-state index contributed by atoms with van der Waals surface area (Å²) in [5.74, 6) is 4.08. The van der Waals surface area contributed by atoms with Crippen LogP contribution in [-0.2, 0) is 4.79 Å². The number of rotatable bonds is 5. The van der Waals surface area contributed by atoms with Gasteiger partial charge >= 0.3 is 0 Å². The van der Waals surface area contributed by atoms with Crippen molar-refractivity contribution in [3.63, 3.8) is 0 Å². The van der Waals surface area contributed by atoms with Crippen molar-refractivity contribution >= 4 is 22.7 Å². The van der Waals surface area contributed by atoms with Crippen LogP contribution in [0, 0.1) is 23.2 Å². The van der Waals surface area contributed by atoms with Crippen LogP contribution >= 0.6 is 0 Å². The van der Waals surface area contributed by atoms with Crippen LogP contribution in [0.1, 0.15) is 44.9 Å². The zero-order valence-corrected chi connectivity index (χ0v) is 17.9. The predicted molar refractivity (Wildman–Crippen MR) is 120 cm³/mol. The molecule has 1 N–H and O–H groups in total. The molecule has 0 atom stereocenters. The zero-order valence-electron chi connectivity index (χ0n) is 17.9. The van der Waals surface area contributed by atoms with Crippen molar-refractivity contribution in [2.24, 2.45) is 23.2 Å². The Hall–Kier alpha value is -2.82. The highest BCUT2D eigenvalue weighted by atomic mass is 16.5. The molecule has 5 heteroatoms. The summed E-state index contributed by atoms with van der Waals surface area (Å²) >= 11 is 0. The average Bonchev–Trinajstić information content (AvgIpc) is 3.16. The van der Waals surface area contributed by atoms with Gasteiger partial charge in [-0.05, 0) is 98.1 Å². The van der Waals surface area contributed by atoms with E-state index in [0.717, 1.165) is 45.9 Å². The first kappa shape index (κ1) is 18.9. The molecule has 1 aromatic heterocycles. The molecule has 0 radical (unpaired) electrons. The normalized spacial score (nSPS) is 28.7. The lowest BCUT2D eigenvalue weighted by atomic mass is 9.49. The molecular weight excluding hydrogens is 388 g/mol. The van der Waals surface area contributed by atoms with Gasteiger partial charge in [0.2, 0.25) is 11.8 Å². The van der Waals surface area contributed by atoms with E-state index in [2.05, 4.69) is 10.3 Å². The summed E-state index contributed by atoms with van der Waals surface area (Å²) < 4.78 is 11.1. The number of methoxy groups -OCH3 is 1. The number of hydrogen-bond acceptors (Lipinski definition) is 4. The van der Waals surface area contributed by atoms with Gasteiger partial charge in [-0.1, -0.05) is 0 Å². The number of nitrogens with one attached hydrogen (secondary N) is 1. The van der Waals surface area contributed by atoms with E-state index >= 15 is 0 Å². The predicted octanol–water partition coefficient (Wildman–Crippen LogP) is 6.05. The van der Waals surface area contributed by atoms with Crippen molar-refractivity contribution in [2.75, 3.05) is 12.4 Å². The van der Waals surface area contributed by atoms with Crippen LogP contribution < -0.4 is 10.1 Å². The van der Waals surface area contributed by atoms with Gasteiger partial charge < -0.3 is 14.5 Å². The van der Waals surface area contributed by atoms with Crippen molar-refractivity contribution in [2.45, 2.75) is 44.9 Å². The molecule has 3 aromatic rings. The lowest BCUT2D eigenvalue weighted by molar-refractivity contribution is -0.124. The first-order valence-electron chi connectivity index (χ1n) is 11.4. The summed E-state index contributed by atoms with van der Waals surface area (Å²) in [6.07, 6.45) is 8.67. The van der Waals surface area contributed by atoms with E-state index in [0.29, 0.717) is 12.3 Å². The Morgan fingerprint density at radius 2 is 1.74 bits per heavy atom. The Morgan fingerprint density at radius 3 is 2.39 bits per heavy atom. The van der Waals surface area contributed by atoms with Gasteiger partial charge in [0.25, 0.3) is 0 Å². The van der Waals surface area contributed by atoms with Crippen LogP contribution in [0.4, 0.5) is 5.69 Å². The summed E-state index contributed by atoms with van der Waals surface area (Å²) in [7, 11) is 1.64. The summed E-state index contributed by atoms with van der Waals surface area (Å²) in [4.78, 5) is 17.4. The van der Waals surface area contributed by atoms with Crippen molar-refractivity contribution in [1.82, 2.24) is 4.98 Å². The number of anilines is 1. The molecule has 0 aliphatic heterocycles. The minimum Gasteiger partial charge on any atom is -0.497 e. The van der Waals surface area contributed by atoms with E-state index in [-0.39, 0.29) is 11.3 Å². The maximum absolute atomic E-state index is 12.9. The number of nitrogens with zero attached hydrogens (tertiary/aromatic N) is 1. The molecular formula is C26H28N2O3. The summed E-state index contributed by atoms with van der Waals surface area (Å²) in [5, 5.41) is 3.13. The third kappa shape index (κ3) is 3.50. The number of carbonyl (C=O) groups is 1. The van der Waals surface area contributed by atoms with Crippen LogP contribution in [0.3, 0.4) is 0 Å². The van der Waals surface area contributed by atoms with E-state index in [1.807, 2.05) is 42.5 Å². The van der Waals surface area contributed by atoms with E-state index in [4.69, 9.17) is 9.15 Å². The van der Waals surface area contributed by atoms with Crippen LogP contribution in [0.5, 0.6) is 5.75 Å². The number of aromatic nitrogens is 1. The van der Waals surface area contributed by atoms with Gasteiger partial charge in [-0.15, -0.1) is 0 Å². The Morgan fingerprint density at radius 1 is 1.06 bits per heavy atom. The fourth-order valence-corrected chi connectivity index (χ4v) is 6.91. The molecule has 0 spiro atoms. The van der Waals surface area contributed by atoms with Crippen LogP contribution in [0.2, 0.25) is 0 Å². The number of carbonyl (C=O) groups excluding carboxylic acids is 1. The smallest absolute Gasteiger partial charge is 0.227 e. The summed E-state index contributed by atoms with van der Waals surface area (Å²) in [6, 6.07) is 13.3. The standard InChI is InChI=1S/C26H28N2O3/c1-30-21-6-7-23-22(11-21)28-25(31-23)19-2-4-20(5-3-19)27-24(29)15-26-12-16-8-17(13-26)10-18(9-16)14-26/h2-7,11,16-18H,8-10,12-15H2,1H3,(H,27,29).